The average molecular weight is 1150 g/mol. The van der Waals surface area contributed by atoms with Gasteiger partial charge in [-0.25, -0.2) is 16.8 Å². The van der Waals surface area contributed by atoms with E-state index in [1.807, 2.05) is 0 Å². The first-order chi connectivity index (χ1) is 36.5. The van der Waals surface area contributed by atoms with E-state index in [4.69, 9.17) is 23.2 Å². The summed E-state index contributed by atoms with van der Waals surface area (Å²) >= 11 is 11.7. The normalized spacial score (nSPS) is 15.3. The number of carbonyl (C=O) groups is 2. The molecule has 2 amide bonds. The van der Waals surface area contributed by atoms with Crippen molar-refractivity contribution in [3.63, 3.8) is 0 Å². The van der Waals surface area contributed by atoms with Crippen LogP contribution in [0.4, 0.5) is 26.3 Å². The molecule has 2 aliphatic heterocycles. The third-order valence-corrected chi connectivity index (χ3v) is 17.4. The van der Waals surface area contributed by atoms with Crippen LogP contribution in [0.2, 0.25) is 10.0 Å². The Morgan fingerprint density at radius 2 is 0.896 bits per heavy atom. The smallest absolute Gasteiger partial charge is 0.348 e. The van der Waals surface area contributed by atoms with Crippen LogP contribution >= 0.6 is 23.2 Å². The molecule has 0 radical (unpaired) electrons. The first-order valence-corrected chi connectivity index (χ1v) is 28.2. The fraction of sp³-hybridized carbons (Fsp3) is 0.309. The van der Waals surface area contributed by atoms with Gasteiger partial charge in [-0.2, -0.15) is 35.0 Å². The molecule has 12 nitrogen and oxygen atoms in total. The Hall–Kier alpha value is -5.84. The number of rotatable bonds is 17. The molecule has 0 spiro atoms. The van der Waals surface area contributed by atoms with Gasteiger partial charge >= 0.3 is 12.4 Å². The molecule has 0 saturated carbocycles. The molecule has 0 atom stereocenters. The maximum atomic E-state index is 13.3. The third kappa shape index (κ3) is 16.8. The van der Waals surface area contributed by atoms with Crippen molar-refractivity contribution in [1.82, 2.24) is 29.9 Å². The number of hydrogen-bond acceptors (Lipinski definition) is 8. The number of amides is 2. The van der Waals surface area contributed by atoms with Gasteiger partial charge in [-0.1, -0.05) is 77.8 Å². The minimum Gasteiger partial charge on any atom is -0.348 e. The minimum absolute atomic E-state index is 0.0538. The quantitative estimate of drug-likeness (QED) is 0.0658. The standard InChI is InChI=1S/C28H29ClF3N3O3S.C27H27ClF3N3O3S/c29-24-9-7-22(8-10-24)27(36)34-19-21-4-2-6-26(18-21)39(37,38)35-15-12-25(13-16-35)33-14-11-20-3-1-5-23(17-20)28(30,31)32;28-23-10-6-21(7-11-23)26(35)33-18-20-2-1-3-25(16-20)38(36,37)34-14-12-24(13-15-34)32-17-19-4-8-22(9-5-19)27(29,30)31/h1-10,17-18,25,33H,11-16,19H2,(H,34,36);1-11,16,24,32H,12-15,17-18H2,(H,33,35). The summed E-state index contributed by atoms with van der Waals surface area (Å²) in [4.78, 5) is 25.0. The minimum atomic E-state index is -4.37. The topological polar surface area (TPSA) is 157 Å². The maximum absolute atomic E-state index is 13.3. The van der Waals surface area contributed by atoms with E-state index in [2.05, 4.69) is 21.3 Å². The number of nitrogens with zero attached hydrogens (tertiary/aromatic N) is 2. The van der Waals surface area contributed by atoms with Crippen molar-refractivity contribution >= 4 is 55.1 Å². The van der Waals surface area contributed by atoms with Gasteiger partial charge in [-0.05, 0) is 152 Å². The lowest BCUT2D eigenvalue weighted by molar-refractivity contribution is -0.138. The zero-order valence-electron chi connectivity index (χ0n) is 41.4. The van der Waals surface area contributed by atoms with Crippen LogP contribution in [0, 0.1) is 0 Å². The number of halogens is 8. The van der Waals surface area contributed by atoms with E-state index in [1.165, 1.54) is 32.9 Å². The van der Waals surface area contributed by atoms with Crippen LogP contribution in [-0.2, 0) is 58.5 Å². The molecule has 4 N–H and O–H groups in total. The Labute approximate surface area is 454 Å². The van der Waals surface area contributed by atoms with Crippen molar-refractivity contribution in [3.8, 4) is 0 Å². The Bertz CT molecular complexity index is 3170. The van der Waals surface area contributed by atoms with Crippen molar-refractivity contribution in [2.24, 2.45) is 0 Å². The highest BCUT2D eigenvalue weighted by Crippen LogP contribution is 2.31. The summed E-state index contributed by atoms with van der Waals surface area (Å²) in [5.74, 6) is -0.580. The highest BCUT2D eigenvalue weighted by atomic mass is 35.5. The number of piperidine rings is 2. The number of sulfonamides is 2. The van der Waals surface area contributed by atoms with Crippen LogP contribution in [0.1, 0.15) is 79.8 Å². The van der Waals surface area contributed by atoms with E-state index in [1.54, 1.807) is 97.1 Å². The highest BCUT2D eigenvalue weighted by Gasteiger charge is 2.33. The van der Waals surface area contributed by atoms with Crippen LogP contribution in [-0.4, -0.2) is 82.1 Å². The summed E-state index contributed by atoms with van der Waals surface area (Å²) in [6.45, 7) is 2.56. The summed E-state index contributed by atoms with van der Waals surface area (Å²) in [5.41, 5.74) is 2.20. The van der Waals surface area contributed by atoms with Crippen LogP contribution in [0.5, 0.6) is 0 Å². The van der Waals surface area contributed by atoms with E-state index < -0.39 is 43.5 Å². The zero-order valence-corrected chi connectivity index (χ0v) is 44.5. The Morgan fingerprint density at radius 3 is 1.34 bits per heavy atom. The van der Waals surface area contributed by atoms with E-state index in [9.17, 15) is 52.8 Å². The number of hydrogen-bond donors (Lipinski definition) is 4. The van der Waals surface area contributed by atoms with Crippen LogP contribution < -0.4 is 21.3 Å². The predicted molar refractivity (Wildman–Crippen MR) is 283 cm³/mol. The van der Waals surface area contributed by atoms with Gasteiger partial charge < -0.3 is 21.3 Å². The number of benzene rings is 6. The molecule has 2 saturated heterocycles. The second-order valence-corrected chi connectivity index (χ2v) is 23.3. The van der Waals surface area contributed by atoms with Gasteiger partial charge in [-0.15, -0.1) is 0 Å². The molecule has 8 rings (SSSR count). The van der Waals surface area contributed by atoms with Crippen molar-refractivity contribution in [1.29, 1.82) is 0 Å². The van der Waals surface area contributed by atoms with Crippen LogP contribution in [0.15, 0.2) is 155 Å². The van der Waals surface area contributed by atoms with Gasteiger partial charge in [0, 0.05) is 79.1 Å². The van der Waals surface area contributed by atoms with Gasteiger partial charge in [0.1, 0.15) is 0 Å². The molecule has 0 unspecified atom stereocenters. The Morgan fingerprint density at radius 1 is 0.481 bits per heavy atom. The van der Waals surface area contributed by atoms with Gasteiger partial charge in [0.2, 0.25) is 20.0 Å². The van der Waals surface area contributed by atoms with Gasteiger partial charge in [0.05, 0.1) is 20.9 Å². The second-order valence-electron chi connectivity index (χ2n) is 18.5. The molecule has 410 valence electrons. The van der Waals surface area contributed by atoms with E-state index in [0.717, 1.165) is 29.8 Å². The molecule has 0 bridgehead atoms. The molecular formula is C55H56Cl2F6N6O6S2. The lowest BCUT2D eigenvalue weighted by Gasteiger charge is -2.32. The lowest BCUT2D eigenvalue weighted by atomic mass is 10.1. The Balaban J connectivity index is 0.000000224. The predicted octanol–water partition coefficient (Wildman–Crippen LogP) is 10.5. The molecule has 22 heteroatoms. The average Bonchev–Trinajstić information content (AvgIpc) is 3.42. The van der Waals surface area contributed by atoms with E-state index >= 15 is 0 Å². The molecule has 2 fully saturated rings. The summed E-state index contributed by atoms with van der Waals surface area (Å²) in [5, 5.41) is 13.3. The number of alkyl halides is 6. The molecule has 2 aliphatic rings. The number of carbonyl (C=O) groups excluding carboxylic acids is 2. The molecular weight excluding hydrogens is 1090 g/mol. The van der Waals surface area contributed by atoms with Gasteiger partial charge in [0.15, 0.2) is 0 Å². The first-order valence-electron chi connectivity index (χ1n) is 24.6. The first kappa shape index (κ1) is 58.8. The molecule has 6 aromatic carbocycles. The van der Waals surface area contributed by atoms with E-state index in [-0.39, 0.29) is 46.8 Å². The van der Waals surface area contributed by atoms with Gasteiger partial charge in [-0.3, -0.25) is 9.59 Å². The molecule has 0 aliphatic carbocycles. The summed E-state index contributed by atoms with van der Waals surface area (Å²) in [7, 11) is -7.43. The fourth-order valence-electron chi connectivity index (χ4n) is 8.70. The molecule has 2 heterocycles. The summed E-state index contributed by atoms with van der Waals surface area (Å²) in [6, 6.07) is 36.4. The van der Waals surface area contributed by atoms with E-state index in [0.29, 0.717) is 109 Å². The maximum Gasteiger partial charge on any atom is 0.416 e. The third-order valence-electron chi connectivity index (χ3n) is 13.1. The van der Waals surface area contributed by atoms with Crippen molar-refractivity contribution in [3.05, 3.63) is 200 Å². The SMILES string of the molecule is O=C(NCc1cccc(S(=O)(=O)N2CCC(NCCc3cccc(C(F)(F)F)c3)CC2)c1)c1ccc(Cl)cc1.O=C(NCc1cccc(S(=O)(=O)N2CCC(NCc3ccc(C(F)(F)F)cc3)CC2)c1)c1ccc(Cl)cc1. The van der Waals surface area contributed by atoms with Gasteiger partial charge in [0.25, 0.3) is 11.8 Å². The highest BCUT2D eigenvalue weighted by molar-refractivity contribution is 7.89. The zero-order chi connectivity index (χ0) is 55.4. The summed E-state index contributed by atoms with van der Waals surface area (Å²) in [6.07, 6.45) is -5.93. The second kappa shape index (κ2) is 26.2. The van der Waals surface area contributed by atoms with Crippen LogP contribution in [0.3, 0.4) is 0 Å². The fourth-order valence-corrected chi connectivity index (χ4v) is 12.0. The lowest BCUT2D eigenvalue weighted by Crippen LogP contribution is -2.45. The van der Waals surface area contributed by atoms with Crippen molar-refractivity contribution < 1.29 is 52.8 Å². The Kier molecular flexibility index (Phi) is 20.0. The monoisotopic (exact) mass is 1140 g/mol. The molecule has 0 aromatic heterocycles. The largest absolute Gasteiger partial charge is 0.416 e. The summed E-state index contributed by atoms with van der Waals surface area (Å²) < 4.78 is 133. The van der Waals surface area contributed by atoms with Crippen LogP contribution in [0.25, 0.3) is 0 Å². The van der Waals surface area contributed by atoms with Crippen molar-refractivity contribution in [2.75, 3.05) is 32.7 Å². The van der Waals surface area contributed by atoms with Crippen molar-refractivity contribution in [2.45, 2.75) is 86.0 Å². The number of nitrogens with one attached hydrogen (secondary N) is 4. The molecule has 6 aromatic rings. The molecule has 77 heavy (non-hydrogen) atoms.